The Labute approximate surface area is 62.4 Å². The summed E-state index contributed by atoms with van der Waals surface area (Å²) in [5.74, 6) is 1.43. The van der Waals surface area contributed by atoms with E-state index in [9.17, 15) is 5.11 Å². The first-order chi connectivity index (χ1) is 4.72. The summed E-state index contributed by atoms with van der Waals surface area (Å²) in [5.41, 5.74) is -0.223. The molecule has 1 heteroatoms. The lowest BCUT2D eigenvalue weighted by Crippen LogP contribution is -2.28. The van der Waals surface area contributed by atoms with Crippen molar-refractivity contribution in [2.45, 2.75) is 44.6 Å². The van der Waals surface area contributed by atoms with Gasteiger partial charge in [0.05, 0.1) is 5.60 Å². The summed E-state index contributed by atoms with van der Waals surface area (Å²) in [6.07, 6.45) is 5.92. The highest BCUT2D eigenvalue weighted by atomic mass is 16.3. The van der Waals surface area contributed by atoms with E-state index in [-0.39, 0.29) is 5.60 Å². The number of rotatable bonds is 0. The van der Waals surface area contributed by atoms with Crippen LogP contribution in [0.3, 0.4) is 0 Å². The summed E-state index contributed by atoms with van der Waals surface area (Å²) >= 11 is 0. The Kier molecular flexibility index (Phi) is 1.31. The van der Waals surface area contributed by atoms with Crippen molar-refractivity contribution in [1.29, 1.82) is 0 Å². The van der Waals surface area contributed by atoms with Crippen LogP contribution in [0.4, 0.5) is 0 Å². The van der Waals surface area contributed by atoms with Crippen LogP contribution in [0.1, 0.15) is 39.0 Å². The van der Waals surface area contributed by atoms with E-state index >= 15 is 0 Å². The van der Waals surface area contributed by atoms with Crippen LogP contribution >= 0.6 is 0 Å². The Morgan fingerprint density at radius 3 is 2.80 bits per heavy atom. The summed E-state index contributed by atoms with van der Waals surface area (Å²) in [7, 11) is 0. The lowest BCUT2D eigenvalue weighted by Gasteiger charge is -2.23. The first-order valence-corrected chi connectivity index (χ1v) is 4.45. The van der Waals surface area contributed by atoms with Gasteiger partial charge < -0.3 is 5.11 Å². The number of hydrogen-bond donors (Lipinski definition) is 1. The summed E-state index contributed by atoms with van der Waals surface area (Å²) in [6, 6.07) is 0. The molecule has 1 N–H and O–H groups in total. The molecule has 2 rings (SSSR count). The molecule has 2 aliphatic rings. The zero-order chi connectivity index (χ0) is 7.19. The monoisotopic (exact) mass is 140 g/mol. The van der Waals surface area contributed by atoms with Crippen molar-refractivity contribution in [3.8, 4) is 0 Å². The van der Waals surface area contributed by atoms with Gasteiger partial charge in [0.25, 0.3) is 0 Å². The largest absolute Gasteiger partial charge is 0.390 e. The second-order valence-corrected chi connectivity index (χ2v) is 4.12. The standard InChI is InChI=1S/C9H16O/c1-7-4-6-9(10)5-2-3-8(7)9/h7-8,10H,2-6H2,1H3/t7-,8-,9-/m1/s1. The van der Waals surface area contributed by atoms with Crippen LogP contribution in [0, 0.1) is 11.8 Å². The lowest BCUT2D eigenvalue weighted by molar-refractivity contribution is 0.0164. The molecule has 0 spiro atoms. The molecular formula is C9H16O. The SMILES string of the molecule is C[C@@H]1CC[C@]2(O)CCC[C@H]12. The highest BCUT2D eigenvalue weighted by Crippen LogP contribution is 2.50. The normalized spacial score (nSPS) is 53.4. The van der Waals surface area contributed by atoms with Crippen LogP contribution in [0.2, 0.25) is 0 Å². The molecule has 3 atom stereocenters. The van der Waals surface area contributed by atoms with Crippen molar-refractivity contribution < 1.29 is 5.11 Å². The fourth-order valence-electron chi connectivity index (χ4n) is 2.89. The third kappa shape index (κ3) is 0.731. The van der Waals surface area contributed by atoms with Crippen LogP contribution in [0.5, 0.6) is 0 Å². The molecule has 0 aliphatic heterocycles. The van der Waals surface area contributed by atoms with Crippen LogP contribution in [-0.4, -0.2) is 10.7 Å². The second-order valence-electron chi connectivity index (χ2n) is 4.12. The van der Waals surface area contributed by atoms with E-state index in [2.05, 4.69) is 6.92 Å². The van der Waals surface area contributed by atoms with E-state index < -0.39 is 0 Å². The van der Waals surface area contributed by atoms with Crippen molar-refractivity contribution in [2.24, 2.45) is 11.8 Å². The maximum Gasteiger partial charge on any atom is 0.0678 e. The molecule has 0 amide bonds. The summed E-state index contributed by atoms with van der Waals surface area (Å²) < 4.78 is 0. The third-order valence-corrected chi connectivity index (χ3v) is 3.53. The summed E-state index contributed by atoms with van der Waals surface area (Å²) in [4.78, 5) is 0. The zero-order valence-electron chi connectivity index (χ0n) is 6.64. The average molecular weight is 140 g/mol. The van der Waals surface area contributed by atoms with Gasteiger partial charge in [0, 0.05) is 0 Å². The predicted molar refractivity (Wildman–Crippen MR) is 40.7 cm³/mol. The van der Waals surface area contributed by atoms with Crippen molar-refractivity contribution in [3.63, 3.8) is 0 Å². The van der Waals surface area contributed by atoms with Crippen molar-refractivity contribution in [1.82, 2.24) is 0 Å². The molecular weight excluding hydrogens is 124 g/mol. The number of fused-ring (bicyclic) bond motifs is 1. The molecule has 0 unspecified atom stereocenters. The molecule has 0 saturated heterocycles. The molecule has 2 saturated carbocycles. The summed E-state index contributed by atoms with van der Waals surface area (Å²) in [5, 5.41) is 10.0. The molecule has 0 aromatic rings. The fourth-order valence-corrected chi connectivity index (χ4v) is 2.89. The van der Waals surface area contributed by atoms with E-state index in [1.807, 2.05) is 0 Å². The van der Waals surface area contributed by atoms with Gasteiger partial charge in [0.15, 0.2) is 0 Å². The maximum atomic E-state index is 10.0. The first kappa shape index (κ1) is 6.66. The van der Waals surface area contributed by atoms with E-state index in [1.54, 1.807) is 0 Å². The highest BCUT2D eigenvalue weighted by molar-refractivity contribution is 4.99. The molecule has 1 nitrogen and oxygen atoms in total. The molecule has 0 bridgehead atoms. The molecule has 2 aliphatic carbocycles. The zero-order valence-corrected chi connectivity index (χ0v) is 6.64. The summed E-state index contributed by atoms with van der Waals surface area (Å²) in [6.45, 7) is 2.29. The van der Waals surface area contributed by atoms with E-state index in [4.69, 9.17) is 0 Å². The number of hydrogen-bond acceptors (Lipinski definition) is 1. The molecule has 58 valence electrons. The van der Waals surface area contributed by atoms with E-state index in [0.29, 0.717) is 5.92 Å². The quantitative estimate of drug-likeness (QED) is 0.545. The molecule has 0 aromatic heterocycles. The Hall–Kier alpha value is -0.0400. The van der Waals surface area contributed by atoms with Gasteiger partial charge in [-0.25, -0.2) is 0 Å². The van der Waals surface area contributed by atoms with Gasteiger partial charge in [0.2, 0.25) is 0 Å². The van der Waals surface area contributed by atoms with Crippen molar-refractivity contribution in [2.75, 3.05) is 0 Å². The van der Waals surface area contributed by atoms with Gasteiger partial charge in [0.1, 0.15) is 0 Å². The fraction of sp³-hybridized carbons (Fsp3) is 1.00. The molecule has 0 radical (unpaired) electrons. The van der Waals surface area contributed by atoms with Crippen molar-refractivity contribution in [3.05, 3.63) is 0 Å². The lowest BCUT2D eigenvalue weighted by atomic mass is 9.90. The van der Waals surface area contributed by atoms with E-state index in [0.717, 1.165) is 18.8 Å². The number of aliphatic hydroxyl groups is 1. The minimum Gasteiger partial charge on any atom is -0.390 e. The molecule has 2 fully saturated rings. The Bertz CT molecular complexity index is 144. The minimum absolute atomic E-state index is 0.223. The van der Waals surface area contributed by atoms with Crippen LogP contribution in [0.25, 0.3) is 0 Å². The first-order valence-electron chi connectivity index (χ1n) is 4.45. The molecule has 0 aromatic carbocycles. The van der Waals surface area contributed by atoms with Crippen LogP contribution in [-0.2, 0) is 0 Å². The van der Waals surface area contributed by atoms with Gasteiger partial charge in [-0.2, -0.15) is 0 Å². The van der Waals surface area contributed by atoms with Crippen molar-refractivity contribution >= 4 is 0 Å². The van der Waals surface area contributed by atoms with Gasteiger partial charge in [-0.1, -0.05) is 13.3 Å². The van der Waals surface area contributed by atoms with Gasteiger partial charge in [-0.3, -0.25) is 0 Å². The van der Waals surface area contributed by atoms with Crippen LogP contribution < -0.4 is 0 Å². The highest BCUT2D eigenvalue weighted by Gasteiger charge is 2.47. The second kappa shape index (κ2) is 1.97. The van der Waals surface area contributed by atoms with Gasteiger partial charge >= 0.3 is 0 Å². The van der Waals surface area contributed by atoms with Gasteiger partial charge in [-0.05, 0) is 37.5 Å². The predicted octanol–water partition coefficient (Wildman–Crippen LogP) is 1.95. The Balaban J connectivity index is 2.19. The third-order valence-electron chi connectivity index (χ3n) is 3.53. The topological polar surface area (TPSA) is 20.2 Å². The van der Waals surface area contributed by atoms with E-state index in [1.165, 1.54) is 19.3 Å². The Morgan fingerprint density at radius 2 is 2.10 bits per heavy atom. The smallest absolute Gasteiger partial charge is 0.0678 e. The van der Waals surface area contributed by atoms with Gasteiger partial charge in [-0.15, -0.1) is 0 Å². The molecule has 10 heavy (non-hydrogen) atoms. The van der Waals surface area contributed by atoms with Crippen LogP contribution in [0.15, 0.2) is 0 Å². The average Bonchev–Trinajstić information content (AvgIpc) is 2.35. The maximum absolute atomic E-state index is 10.0. The Morgan fingerprint density at radius 1 is 1.30 bits per heavy atom. The minimum atomic E-state index is -0.223. The molecule has 0 heterocycles.